The number of carbonyl (C=O) groups is 1. The molecule has 4 rings (SSSR count). The number of piperidine rings is 1. The molecule has 1 amide bonds. The molecule has 1 unspecified atom stereocenters. The van der Waals surface area contributed by atoms with Crippen LogP contribution in [0.25, 0.3) is 11.0 Å². The Hall–Kier alpha value is -3.16. The Labute approximate surface area is 169 Å². The maximum atomic E-state index is 12.5. The van der Waals surface area contributed by atoms with Gasteiger partial charge >= 0.3 is 0 Å². The predicted octanol–water partition coefficient (Wildman–Crippen LogP) is 2.00. The summed E-state index contributed by atoms with van der Waals surface area (Å²) < 4.78 is 2.85. The summed E-state index contributed by atoms with van der Waals surface area (Å²) in [6, 6.07) is 8.21. The SMILES string of the molecule is CC(NC(=O)Cn1cnc2c(cnn2C)c1=O)c1ccc(N2CCCCC2)cc1. The number of benzene rings is 1. The molecule has 0 saturated carbocycles. The summed E-state index contributed by atoms with van der Waals surface area (Å²) in [5.74, 6) is -0.232. The number of aryl methyl sites for hydroxylation is 1. The van der Waals surface area contributed by atoms with Crippen molar-refractivity contribution in [3.63, 3.8) is 0 Å². The van der Waals surface area contributed by atoms with E-state index < -0.39 is 0 Å². The van der Waals surface area contributed by atoms with Crippen LogP contribution in [0.4, 0.5) is 5.69 Å². The number of carbonyl (C=O) groups excluding carboxylic acids is 1. The van der Waals surface area contributed by atoms with Crippen molar-refractivity contribution in [3.8, 4) is 0 Å². The van der Waals surface area contributed by atoms with Crippen LogP contribution in [0.15, 0.2) is 41.6 Å². The minimum Gasteiger partial charge on any atom is -0.372 e. The fraction of sp³-hybridized carbons (Fsp3) is 0.429. The Morgan fingerprint density at radius 3 is 2.62 bits per heavy atom. The summed E-state index contributed by atoms with van der Waals surface area (Å²) in [6.07, 6.45) is 6.67. The number of hydrogen-bond donors (Lipinski definition) is 1. The van der Waals surface area contributed by atoms with Gasteiger partial charge in [0.1, 0.15) is 18.3 Å². The molecule has 29 heavy (non-hydrogen) atoms. The zero-order valence-corrected chi connectivity index (χ0v) is 16.8. The molecule has 1 aliphatic heterocycles. The van der Waals surface area contributed by atoms with E-state index in [9.17, 15) is 9.59 Å². The highest BCUT2D eigenvalue weighted by Crippen LogP contribution is 2.22. The standard InChI is InChI=1S/C21H26N6O2/c1-15(16-6-8-17(9-7-16)26-10-4-3-5-11-26)24-19(28)13-27-14-22-20-18(21(27)29)12-23-25(20)2/h6-9,12,14-15H,3-5,10-11,13H2,1-2H3,(H,24,28). The van der Waals surface area contributed by atoms with Gasteiger partial charge in [-0.2, -0.15) is 5.10 Å². The zero-order chi connectivity index (χ0) is 20.4. The summed E-state index contributed by atoms with van der Waals surface area (Å²) >= 11 is 0. The first kappa shape index (κ1) is 19.2. The molecular weight excluding hydrogens is 368 g/mol. The molecule has 2 aromatic heterocycles. The maximum absolute atomic E-state index is 12.5. The second kappa shape index (κ2) is 8.06. The van der Waals surface area contributed by atoms with Crippen molar-refractivity contribution in [1.82, 2.24) is 24.6 Å². The van der Waals surface area contributed by atoms with Crippen molar-refractivity contribution < 1.29 is 4.79 Å². The van der Waals surface area contributed by atoms with E-state index in [0.717, 1.165) is 18.7 Å². The summed E-state index contributed by atoms with van der Waals surface area (Å²) in [6.45, 7) is 4.08. The number of hydrogen-bond acceptors (Lipinski definition) is 5. The van der Waals surface area contributed by atoms with Crippen molar-refractivity contribution in [3.05, 3.63) is 52.7 Å². The second-order valence-electron chi connectivity index (χ2n) is 7.61. The third kappa shape index (κ3) is 4.01. The minimum atomic E-state index is -0.267. The van der Waals surface area contributed by atoms with Crippen LogP contribution in [0.1, 0.15) is 37.8 Å². The van der Waals surface area contributed by atoms with Gasteiger partial charge in [0.2, 0.25) is 5.91 Å². The largest absolute Gasteiger partial charge is 0.372 e. The number of fused-ring (bicyclic) bond motifs is 1. The lowest BCUT2D eigenvalue weighted by Gasteiger charge is -2.29. The quantitative estimate of drug-likeness (QED) is 0.715. The third-order valence-electron chi connectivity index (χ3n) is 5.52. The van der Waals surface area contributed by atoms with Crippen LogP contribution < -0.4 is 15.8 Å². The molecule has 3 aromatic rings. The van der Waals surface area contributed by atoms with E-state index in [2.05, 4.69) is 44.6 Å². The average molecular weight is 394 g/mol. The molecule has 3 heterocycles. The van der Waals surface area contributed by atoms with Crippen LogP contribution in [-0.4, -0.2) is 38.3 Å². The van der Waals surface area contributed by atoms with Crippen LogP contribution >= 0.6 is 0 Å². The van der Waals surface area contributed by atoms with Crippen LogP contribution in [0.5, 0.6) is 0 Å². The van der Waals surface area contributed by atoms with Gasteiger partial charge < -0.3 is 10.2 Å². The number of aromatic nitrogens is 4. The summed E-state index contributed by atoms with van der Waals surface area (Å²) in [7, 11) is 1.73. The van der Waals surface area contributed by atoms with E-state index >= 15 is 0 Å². The number of anilines is 1. The maximum Gasteiger partial charge on any atom is 0.264 e. The van der Waals surface area contributed by atoms with Crippen molar-refractivity contribution in [2.45, 2.75) is 38.8 Å². The van der Waals surface area contributed by atoms with Gasteiger partial charge in [-0.15, -0.1) is 0 Å². The van der Waals surface area contributed by atoms with E-state index in [4.69, 9.17) is 0 Å². The Balaban J connectivity index is 1.40. The fourth-order valence-electron chi connectivity index (χ4n) is 3.83. The second-order valence-corrected chi connectivity index (χ2v) is 7.61. The Kier molecular flexibility index (Phi) is 5.33. The lowest BCUT2D eigenvalue weighted by molar-refractivity contribution is -0.122. The number of nitrogens with one attached hydrogen (secondary N) is 1. The van der Waals surface area contributed by atoms with Gasteiger partial charge in [0, 0.05) is 25.8 Å². The smallest absolute Gasteiger partial charge is 0.264 e. The van der Waals surface area contributed by atoms with Crippen LogP contribution in [-0.2, 0) is 18.4 Å². The Morgan fingerprint density at radius 2 is 1.90 bits per heavy atom. The molecule has 0 aliphatic carbocycles. The number of nitrogens with zero attached hydrogens (tertiary/aromatic N) is 5. The van der Waals surface area contributed by atoms with Crippen molar-refractivity contribution >= 4 is 22.6 Å². The molecule has 1 fully saturated rings. The van der Waals surface area contributed by atoms with Crippen LogP contribution in [0.2, 0.25) is 0 Å². The van der Waals surface area contributed by atoms with Gasteiger partial charge in [-0.25, -0.2) is 4.98 Å². The van der Waals surface area contributed by atoms with Gasteiger partial charge in [-0.3, -0.25) is 18.8 Å². The molecule has 8 nitrogen and oxygen atoms in total. The summed E-state index contributed by atoms with van der Waals surface area (Å²) in [5, 5.41) is 7.41. The van der Waals surface area contributed by atoms with Crippen molar-refractivity contribution in [2.24, 2.45) is 7.05 Å². The van der Waals surface area contributed by atoms with E-state index in [-0.39, 0.29) is 24.1 Å². The first-order chi connectivity index (χ1) is 14.0. The fourth-order valence-corrected chi connectivity index (χ4v) is 3.83. The minimum absolute atomic E-state index is 0.0765. The first-order valence-electron chi connectivity index (χ1n) is 10.0. The van der Waals surface area contributed by atoms with Gasteiger partial charge in [-0.05, 0) is 43.9 Å². The Bertz CT molecular complexity index is 1060. The summed E-state index contributed by atoms with van der Waals surface area (Å²) in [5.41, 5.74) is 2.51. The highest BCUT2D eigenvalue weighted by molar-refractivity contribution is 5.77. The zero-order valence-electron chi connectivity index (χ0n) is 16.8. The van der Waals surface area contributed by atoms with E-state index in [1.807, 2.05) is 6.92 Å². The first-order valence-corrected chi connectivity index (χ1v) is 10.0. The molecule has 1 aliphatic rings. The average Bonchev–Trinajstić information content (AvgIpc) is 3.12. The van der Waals surface area contributed by atoms with Gasteiger partial charge in [0.25, 0.3) is 5.56 Å². The van der Waals surface area contributed by atoms with Gasteiger partial charge in [0.15, 0.2) is 5.65 Å². The van der Waals surface area contributed by atoms with Gasteiger partial charge in [-0.1, -0.05) is 12.1 Å². The molecule has 0 bridgehead atoms. The molecule has 0 radical (unpaired) electrons. The highest BCUT2D eigenvalue weighted by atomic mass is 16.2. The molecule has 1 aromatic carbocycles. The predicted molar refractivity (Wildman–Crippen MR) is 112 cm³/mol. The molecule has 8 heteroatoms. The van der Waals surface area contributed by atoms with E-state index in [0.29, 0.717) is 11.0 Å². The molecule has 152 valence electrons. The van der Waals surface area contributed by atoms with Crippen molar-refractivity contribution in [2.75, 3.05) is 18.0 Å². The van der Waals surface area contributed by atoms with Crippen LogP contribution in [0.3, 0.4) is 0 Å². The normalized spacial score (nSPS) is 15.4. The lowest BCUT2D eigenvalue weighted by Crippen LogP contribution is -2.34. The number of amides is 1. The Morgan fingerprint density at radius 1 is 1.17 bits per heavy atom. The monoisotopic (exact) mass is 394 g/mol. The van der Waals surface area contributed by atoms with E-state index in [1.165, 1.54) is 46.7 Å². The third-order valence-corrected chi connectivity index (χ3v) is 5.52. The molecule has 1 N–H and O–H groups in total. The molecular formula is C21H26N6O2. The summed E-state index contributed by atoms with van der Waals surface area (Å²) in [4.78, 5) is 31.6. The van der Waals surface area contributed by atoms with Gasteiger partial charge in [0.05, 0.1) is 12.2 Å². The molecule has 1 atom stereocenters. The topological polar surface area (TPSA) is 85.0 Å². The van der Waals surface area contributed by atoms with Crippen molar-refractivity contribution in [1.29, 1.82) is 0 Å². The lowest BCUT2D eigenvalue weighted by atomic mass is 10.1. The van der Waals surface area contributed by atoms with Crippen LogP contribution in [0, 0.1) is 0 Å². The molecule has 1 saturated heterocycles. The molecule has 0 spiro atoms. The number of rotatable bonds is 5. The van der Waals surface area contributed by atoms with E-state index in [1.54, 1.807) is 7.05 Å². The highest BCUT2D eigenvalue weighted by Gasteiger charge is 2.15.